The average Bonchev–Trinajstić information content (AvgIpc) is 2.89. The van der Waals surface area contributed by atoms with Gasteiger partial charge < -0.3 is 0 Å². The minimum absolute atomic E-state index is 0.0502. The summed E-state index contributed by atoms with van der Waals surface area (Å²) >= 11 is 24.8. The van der Waals surface area contributed by atoms with Crippen LogP contribution in [-0.2, 0) is 9.59 Å². The second kappa shape index (κ2) is 8.06. The molecule has 0 spiro atoms. The van der Waals surface area contributed by atoms with Crippen LogP contribution in [-0.4, -0.2) is 66.3 Å². The van der Waals surface area contributed by atoms with Crippen molar-refractivity contribution in [3.05, 3.63) is 20.2 Å². The van der Waals surface area contributed by atoms with Gasteiger partial charge in [-0.05, 0) is 6.42 Å². The van der Waals surface area contributed by atoms with E-state index in [-0.39, 0.29) is 19.3 Å². The third-order valence-electron chi connectivity index (χ3n) is 5.65. The Hall–Kier alpha value is -0.940. The zero-order valence-corrected chi connectivity index (χ0v) is 17.1. The number of imide groups is 1. The fraction of sp³-hybridized carbons (Fsp3) is 0.857. The molecule has 10 nitrogen and oxygen atoms in total. The number of amides is 2. The van der Waals surface area contributed by atoms with Gasteiger partial charge in [0.25, 0.3) is 0 Å². The largest absolute Gasteiger partial charge is 0.273 e. The number of alkyl halides is 4. The minimum atomic E-state index is -1.33. The number of hydrazine groups is 1. The van der Waals surface area contributed by atoms with E-state index in [4.69, 9.17) is 46.4 Å². The lowest BCUT2D eigenvalue weighted by Crippen LogP contribution is -2.57. The number of carbonyl (C=O) groups excluding carboxylic acids is 2. The molecule has 1 heterocycles. The van der Waals surface area contributed by atoms with E-state index in [9.17, 15) is 29.8 Å². The van der Waals surface area contributed by atoms with Gasteiger partial charge in [0.05, 0.1) is 45.8 Å². The van der Waals surface area contributed by atoms with Gasteiger partial charge >= 0.3 is 0 Å². The molecule has 0 aromatic carbocycles. The summed E-state index contributed by atoms with van der Waals surface area (Å²) in [6, 6.07) is -3.30. The molecule has 3 fully saturated rings. The number of nitrogens with zero attached hydrogens (tertiary/aromatic N) is 3. The van der Waals surface area contributed by atoms with E-state index >= 15 is 0 Å². The van der Waals surface area contributed by atoms with Crippen LogP contribution >= 0.6 is 46.4 Å². The molecule has 9 unspecified atom stereocenters. The summed E-state index contributed by atoms with van der Waals surface area (Å²) in [7, 11) is 0. The van der Waals surface area contributed by atoms with Crippen molar-refractivity contribution < 1.29 is 19.4 Å². The summed E-state index contributed by atoms with van der Waals surface area (Å²) in [5.41, 5.74) is 2.60. The number of rotatable bonds is 4. The summed E-state index contributed by atoms with van der Waals surface area (Å²) < 4.78 is 0. The van der Waals surface area contributed by atoms with Gasteiger partial charge in [0, 0.05) is 16.3 Å². The Bertz CT molecular complexity index is 681. The highest BCUT2D eigenvalue weighted by Gasteiger charge is 2.61. The van der Waals surface area contributed by atoms with Crippen molar-refractivity contribution >= 4 is 58.2 Å². The van der Waals surface area contributed by atoms with Crippen LogP contribution < -0.4 is 5.43 Å². The van der Waals surface area contributed by atoms with Gasteiger partial charge in [0.15, 0.2) is 0 Å². The van der Waals surface area contributed by atoms with Gasteiger partial charge in [-0.3, -0.25) is 29.8 Å². The Balaban J connectivity index is 1.81. The molecule has 14 heteroatoms. The summed E-state index contributed by atoms with van der Waals surface area (Å²) in [4.78, 5) is 46.8. The normalized spacial score (nSPS) is 43.7. The molecule has 2 aliphatic carbocycles. The predicted molar refractivity (Wildman–Crippen MR) is 99.7 cm³/mol. The summed E-state index contributed by atoms with van der Waals surface area (Å²) in [6.07, 6.45) is -0.166. The van der Waals surface area contributed by atoms with Crippen molar-refractivity contribution in [2.45, 2.75) is 58.9 Å². The van der Waals surface area contributed by atoms with Gasteiger partial charge in [0.2, 0.25) is 23.9 Å². The van der Waals surface area contributed by atoms with Crippen LogP contribution in [0.4, 0.5) is 0 Å². The number of nitro groups is 2. The molecule has 1 saturated heterocycles. The molecular formula is C14H16Cl4N4O6. The molecule has 0 aromatic rings. The first-order valence-electron chi connectivity index (χ1n) is 8.53. The lowest BCUT2D eigenvalue weighted by atomic mass is 9.79. The van der Waals surface area contributed by atoms with Crippen LogP contribution in [0.2, 0.25) is 0 Å². The second-order valence-electron chi connectivity index (χ2n) is 7.18. The van der Waals surface area contributed by atoms with Crippen molar-refractivity contribution in [1.29, 1.82) is 0 Å². The maximum atomic E-state index is 12.8. The van der Waals surface area contributed by atoms with Gasteiger partial charge in [-0.15, -0.1) is 46.4 Å². The van der Waals surface area contributed by atoms with Crippen LogP contribution in [0.15, 0.2) is 0 Å². The molecule has 28 heavy (non-hydrogen) atoms. The number of hydrogen-bond acceptors (Lipinski definition) is 7. The van der Waals surface area contributed by atoms with Crippen molar-refractivity contribution in [1.82, 2.24) is 10.4 Å². The van der Waals surface area contributed by atoms with E-state index in [1.165, 1.54) is 0 Å². The Morgan fingerprint density at radius 1 is 0.857 bits per heavy atom. The molecule has 1 aliphatic heterocycles. The fourth-order valence-corrected chi connectivity index (χ4v) is 5.74. The van der Waals surface area contributed by atoms with Gasteiger partial charge in [-0.2, -0.15) is 0 Å². The molecule has 1 N–H and O–H groups in total. The quantitative estimate of drug-likeness (QED) is 0.279. The van der Waals surface area contributed by atoms with Crippen LogP contribution in [0.3, 0.4) is 0 Å². The lowest BCUT2D eigenvalue weighted by Gasteiger charge is -2.37. The Morgan fingerprint density at radius 2 is 1.36 bits per heavy atom. The number of fused-ring (bicyclic) bond motifs is 1. The molecule has 0 aromatic heterocycles. The standard InChI is InChI=1S/C14H16Cl4N4O6/c15-9-7-8(10(16)12(18)11(9)17)14(24)20(13(7)23)19-5-2-1-4(21(25)26)3-6(5)22(27)28/h4-12,19H,1-3H2. The van der Waals surface area contributed by atoms with E-state index < -0.39 is 73.1 Å². The van der Waals surface area contributed by atoms with Gasteiger partial charge in [-0.25, -0.2) is 10.4 Å². The number of carbonyl (C=O) groups is 2. The summed E-state index contributed by atoms with van der Waals surface area (Å²) in [6.45, 7) is 0. The Kier molecular flexibility index (Phi) is 6.26. The molecule has 0 radical (unpaired) electrons. The first-order valence-corrected chi connectivity index (χ1v) is 10.3. The third kappa shape index (κ3) is 3.54. The molecule has 0 bridgehead atoms. The monoisotopic (exact) mass is 476 g/mol. The van der Waals surface area contributed by atoms with Gasteiger partial charge in [0.1, 0.15) is 0 Å². The minimum Gasteiger partial charge on any atom is -0.273 e. The van der Waals surface area contributed by atoms with E-state index in [2.05, 4.69) is 5.43 Å². The molecule has 3 aliphatic rings. The maximum Gasteiger partial charge on any atom is 0.249 e. The molecule has 2 amide bonds. The third-order valence-corrected chi connectivity index (χ3v) is 8.21. The van der Waals surface area contributed by atoms with Crippen LogP contribution in [0.25, 0.3) is 0 Å². The Labute approximate surface area is 179 Å². The second-order valence-corrected chi connectivity index (χ2v) is 9.20. The molecule has 3 rings (SSSR count). The zero-order chi connectivity index (χ0) is 20.9. The van der Waals surface area contributed by atoms with Crippen LogP contribution in [0, 0.1) is 32.1 Å². The van der Waals surface area contributed by atoms with Crippen molar-refractivity contribution in [2.75, 3.05) is 0 Å². The van der Waals surface area contributed by atoms with E-state index in [1.807, 2.05) is 0 Å². The average molecular weight is 478 g/mol. The Morgan fingerprint density at radius 3 is 1.79 bits per heavy atom. The zero-order valence-electron chi connectivity index (χ0n) is 14.1. The highest BCUT2D eigenvalue weighted by molar-refractivity contribution is 6.40. The maximum absolute atomic E-state index is 12.8. The molecular weight excluding hydrogens is 462 g/mol. The van der Waals surface area contributed by atoms with E-state index in [0.717, 1.165) is 0 Å². The summed E-state index contributed by atoms with van der Waals surface area (Å²) in [5, 5.41) is 19.5. The van der Waals surface area contributed by atoms with Crippen LogP contribution in [0.5, 0.6) is 0 Å². The van der Waals surface area contributed by atoms with E-state index in [0.29, 0.717) is 5.01 Å². The molecule has 156 valence electrons. The molecule has 9 atom stereocenters. The first-order chi connectivity index (χ1) is 13.1. The highest BCUT2D eigenvalue weighted by atomic mass is 35.5. The highest BCUT2D eigenvalue weighted by Crippen LogP contribution is 2.46. The number of halogens is 4. The van der Waals surface area contributed by atoms with Crippen molar-refractivity contribution in [3.63, 3.8) is 0 Å². The lowest BCUT2D eigenvalue weighted by molar-refractivity contribution is -0.570. The number of hydrogen-bond donors (Lipinski definition) is 1. The SMILES string of the molecule is O=C1C2C(Cl)C(Cl)C(Cl)C(Cl)C2C(=O)N1NC1CCC([N+](=O)[O-])CC1[N+](=O)[O-]. The fourth-order valence-electron chi connectivity index (χ4n) is 4.12. The molecule has 2 saturated carbocycles. The first kappa shape index (κ1) is 21.8. The van der Waals surface area contributed by atoms with Crippen molar-refractivity contribution in [3.8, 4) is 0 Å². The van der Waals surface area contributed by atoms with Crippen molar-refractivity contribution in [2.24, 2.45) is 11.8 Å². The topological polar surface area (TPSA) is 136 Å². The number of nitrogens with one attached hydrogen (secondary N) is 1. The van der Waals surface area contributed by atoms with Gasteiger partial charge in [-0.1, -0.05) is 0 Å². The smallest absolute Gasteiger partial charge is 0.249 e. The summed E-state index contributed by atoms with van der Waals surface area (Å²) in [5.74, 6) is -3.39. The van der Waals surface area contributed by atoms with E-state index in [1.54, 1.807) is 0 Å². The predicted octanol–water partition coefficient (Wildman–Crippen LogP) is 1.38. The van der Waals surface area contributed by atoms with Crippen LogP contribution in [0.1, 0.15) is 19.3 Å².